The van der Waals surface area contributed by atoms with Gasteiger partial charge in [0.15, 0.2) is 0 Å². The summed E-state index contributed by atoms with van der Waals surface area (Å²) in [5, 5.41) is 2.80. The fraction of sp³-hybridized carbons (Fsp3) is 0.240. The van der Waals surface area contributed by atoms with E-state index in [0.717, 1.165) is 17.7 Å². The molecule has 0 radical (unpaired) electrons. The number of amides is 3. The van der Waals surface area contributed by atoms with Crippen LogP contribution in [0.4, 0.5) is 23.7 Å². The first-order valence-corrected chi connectivity index (χ1v) is 11.0. The summed E-state index contributed by atoms with van der Waals surface area (Å²) in [6.45, 7) is 1.37. The van der Waals surface area contributed by atoms with Crippen molar-refractivity contribution in [1.29, 1.82) is 0 Å². The first kappa shape index (κ1) is 24.1. The molecule has 0 bridgehead atoms. The highest BCUT2D eigenvalue weighted by atomic mass is 19.4. The van der Waals surface area contributed by atoms with Crippen LogP contribution in [0.15, 0.2) is 72.9 Å². The van der Waals surface area contributed by atoms with Gasteiger partial charge in [-0.2, -0.15) is 13.2 Å². The molecule has 0 unspecified atom stereocenters. The summed E-state index contributed by atoms with van der Waals surface area (Å²) < 4.78 is 44.0. The number of hydrogen-bond acceptors (Lipinski definition) is 4. The van der Waals surface area contributed by atoms with Crippen molar-refractivity contribution >= 4 is 17.6 Å². The molecule has 1 N–H and O–H groups in total. The Kier molecular flexibility index (Phi) is 7.19. The molecule has 1 aliphatic rings. The van der Waals surface area contributed by atoms with Crippen LogP contribution in [0, 0.1) is 0 Å². The number of anilines is 1. The van der Waals surface area contributed by atoms with Crippen molar-refractivity contribution in [2.75, 3.05) is 31.5 Å². The number of hydrogen-bond donors (Lipinski definition) is 1. The zero-order valence-corrected chi connectivity index (χ0v) is 18.7. The number of piperazine rings is 1. The van der Waals surface area contributed by atoms with Gasteiger partial charge in [0.2, 0.25) is 5.88 Å². The number of rotatable bonds is 5. The van der Waals surface area contributed by atoms with Gasteiger partial charge in [0, 0.05) is 37.9 Å². The highest BCUT2D eigenvalue weighted by molar-refractivity contribution is 5.95. The molecule has 1 saturated heterocycles. The van der Waals surface area contributed by atoms with E-state index in [1.54, 1.807) is 23.2 Å². The molecule has 10 heteroatoms. The van der Waals surface area contributed by atoms with Gasteiger partial charge in [-0.1, -0.05) is 30.3 Å². The van der Waals surface area contributed by atoms with Crippen LogP contribution in [0.1, 0.15) is 21.5 Å². The van der Waals surface area contributed by atoms with Gasteiger partial charge in [0.05, 0.1) is 5.56 Å². The second-order valence-corrected chi connectivity index (χ2v) is 7.91. The van der Waals surface area contributed by atoms with Crippen LogP contribution in [0.2, 0.25) is 0 Å². The summed E-state index contributed by atoms with van der Waals surface area (Å²) in [5.74, 6) is -0.0801. The number of carbonyl (C=O) groups excluding carboxylic acids is 2. The van der Waals surface area contributed by atoms with Crippen molar-refractivity contribution in [3.63, 3.8) is 0 Å². The molecule has 3 aromatic rings. The van der Waals surface area contributed by atoms with Crippen LogP contribution in [-0.4, -0.2) is 52.9 Å². The average molecular weight is 484 g/mol. The van der Waals surface area contributed by atoms with Gasteiger partial charge in [-0.05, 0) is 42.0 Å². The van der Waals surface area contributed by atoms with Crippen LogP contribution >= 0.6 is 0 Å². The first-order chi connectivity index (χ1) is 16.8. The Labute approximate surface area is 200 Å². The highest BCUT2D eigenvalue weighted by Gasteiger charge is 2.31. The highest BCUT2D eigenvalue weighted by Crippen LogP contribution is 2.29. The van der Waals surface area contributed by atoms with Crippen molar-refractivity contribution < 1.29 is 27.5 Å². The second kappa shape index (κ2) is 10.5. The lowest BCUT2D eigenvalue weighted by Crippen LogP contribution is -2.51. The van der Waals surface area contributed by atoms with Gasteiger partial charge in [0.1, 0.15) is 12.3 Å². The van der Waals surface area contributed by atoms with Crippen molar-refractivity contribution in [1.82, 2.24) is 14.8 Å². The number of nitrogens with one attached hydrogen (secondary N) is 1. The zero-order valence-electron chi connectivity index (χ0n) is 18.7. The number of carbonyl (C=O) groups is 2. The molecule has 4 rings (SSSR count). The molecular formula is C25H23F3N4O3. The SMILES string of the molecule is O=C(Nc1cccnc1OCc1ccccc1)N1CCN(C(=O)c2ccc(C(F)(F)F)cc2)CC1. The number of aromatic nitrogens is 1. The third-order valence-electron chi connectivity index (χ3n) is 5.54. The van der Waals surface area contributed by atoms with E-state index in [4.69, 9.17) is 4.74 Å². The normalized spacial score (nSPS) is 13.9. The predicted molar refractivity (Wildman–Crippen MR) is 123 cm³/mol. The number of pyridine rings is 1. The minimum absolute atomic E-state index is 0.173. The molecule has 2 heterocycles. The standard InChI is InChI=1S/C25H23F3N4O3/c26-25(27,28)20-10-8-19(9-11-20)23(33)31-13-15-32(16-14-31)24(34)30-21-7-4-12-29-22(21)35-17-18-5-2-1-3-6-18/h1-12H,13-17H2,(H,30,34). The van der Waals surface area contributed by atoms with E-state index in [0.29, 0.717) is 18.2 Å². The molecule has 1 aliphatic heterocycles. The summed E-state index contributed by atoms with van der Waals surface area (Å²) in [4.78, 5) is 32.7. The third kappa shape index (κ3) is 6.08. The van der Waals surface area contributed by atoms with Gasteiger partial charge in [0.25, 0.3) is 5.91 Å². The van der Waals surface area contributed by atoms with E-state index in [-0.39, 0.29) is 43.7 Å². The summed E-state index contributed by atoms with van der Waals surface area (Å²) in [5.41, 5.74) is 0.755. The Balaban J connectivity index is 1.31. The molecule has 2 aromatic carbocycles. The second-order valence-electron chi connectivity index (χ2n) is 7.91. The molecule has 1 fully saturated rings. The van der Waals surface area contributed by atoms with E-state index in [2.05, 4.69) is 10.3 Å². The lowest BCUT2D eigenvalue weighted by Gasteiger charge is -2.34. The number of alkyl halides is 3. The van der Waals surface area contributed by atoms with Gasteiger partial charge in [-0.25, -0.2) is 9.78 Å². The predicted octanol–water partition coefficient (Wildman–Crippen LogP) is 4.67. The fourth-order valence-electron chi connectivity index (χ4n) is 3.62. The molecule has 7 nitrogen and oxygen atoms in total. The molecule has 3 amide bonds. The maximum atomic E-state index is 12.8. The van der Waals surface area contributed by atoms with E-state index < -0.39 is 11.7 Å². The fourth-order valence-corrected chi connectivity index (χ4v) is 3.62. The maximum absolute atomic E-state index is 12.8. The van der Waals surface area contributed by atoms with Crippen molar-refractivity contribution in [2.24, 2.45) is 0 Å². The molecule has 0 spiro atoms. The Morgan fingerprint density at radius 3 is 2.20 bits per heavy atom. The Morgan fingerprint density at radius 1 is 0.886 bits per heavy atom. The summed E-state index contributed by atoms with van der Waals surface area (Å²) in [6, 6.07) is 16.7. The van der Waals surface area contributed by atoms with Gasteiger partial charge in [-0.15, -0.1) is 0 Å². The summed E-state index contributed by atoms with van der Waals surface area (Å²) >= 11 is 0. The first-order valence-electron chi connectivity index (χ1n) is 11.0. The van der Waals surface area contributed by atoms with Crippen LogP contribution in [-0.2, 0) is 12.8 Å². The van der Waals surface area contributed by atoms with Crippen LogP contribution in [0.5, 0.6) is 5.88 Å². The lowest BCUT2D eigenvalue weighted by atomic mass is 10.1. The molecule has 0 atom stereocenters. The summed E-state index contributed by atoms with van der Waals surface area (Å²) in [7, 11) is 0. The summed E-state index contributed by atoms with van der Waals surface area (Å²) in [6.07, 6.45) is -2.89. The zero-order chi connectivity index (χ0) is 24.8. The molecule has 0 saturated carbocycles. The number of urea groups is 1. The molecular weight excluding hydrogens is 461 g/mol. The minimum atomic E-state index is -4.46. The smallest absolute Gasteiger partial charge is 0.416 e. The van der Waals surface area contributed by atoms with E-state index >= 15 is 0 Å². The van der Waals surface area contributed by atoms with Gasteiger partial charge < -0.3 is 19.9 Å². The van der Waals surface area contributed by atoms with Crippen molar-refractivity contribution in [3.8, 4) is 5.88 Å². The topological polar surface area (TPSA) is 74.8 Å². The molecule has 1 aromatic heterocycles. The Hall–Kier alpha value is -4.08. The van der Waals surface area contributed by atoms with Gasteiger partial charge in [-0.3, -0.25) is 4.79 Å². The number of nitrogens with zero attached hydrogens (tertiary/aromatic N) is 3. The van der Waals surface area contributed by atoms with Crippen LogP contribution < -0.4 is 10.1 Å². The maximum Gasteiger partial charge on any atom is 0.416 e. The van der Waals surface area contributed by atoms with Gasteiger partial charge >= 0.3 is 12.2 Å². The minimum Gasteiger partial charge on any atom is -0.471 e. The Morgan fingerprint density at radius 2 is 1.54 bits per heavy atom. The molecule has 182 valence electrons. The molecule has 35 heavy (non-hydrogen) atoms. The number of benzene rings is 2. The van der Waals surface area contributed by atoms with E-state index in [1.165, 1.54) is 17.0 Å². The number of halogens is 3. The van der Waals surface area contributed by atoms with E-state index in [1.807, 2.05) is 30.3 Å². The van der Waals surface area contributed by atoms with E-state index in [9.17, 15) is 22.8 Å². The third-order valence-corrected chi connectivity index (χ3v) is 5.54. The quantitative estimate of drug-likeness (QED) is 0.571. The van der Waals surface area contributed by atoms with Crippen molar-refractivity contribution in [2.45, 2.75) is 12.8 Å². The lowest BCUT2D eigenvalue weighted by molar-refractivity contribution is -0.137. The Bertz CT molecular complexity index is 1160. The molecule has 0 aliphatic carbocycles. The average Bonchev–Trinajstić information content (AvgIpc) is 2.88. The number of ether oxygens (including phenoxy) is 1. The monoisotopic (exact) mass is 484 g/mol. The van der Waals surface area contributed by atoms with Crippen molar-refractivity contribution in [3.05, 3.63) is 89.6 Å². The largest absolute Gasteiger partial charge is 0.471 e. The van der Waals surface area contributed by atoms with Crippen LogP contribution in [0.25, 0.3) is 0 Å². The van der Waals surface area contributed by atoms with Crippen LogP contribution in [0.3, 0.4) is 0 Å².